The Bertz CT molecular complexity index is 100. The zero-order valence-corrected chi connectivity index (χ0v) is 7.07. The summed E-state index contributed by atoms with van der Waals surface area (Å²) in [5.41, 5.74) is 0. The van der Waals surface area contributed by atoms with Gasteiger partial charge in [-0.2, -0.15) is 0 Å². The minimum atomic E-state index is -1.29. The highest BCUT2D eigenvalue weighted by Crippen LogP contribution is 1.89. The highest BCUT2D eigenvalue weighted by atomic mass is 28.3. The summed E-state index contributed by atoms with van der Waals surface area (Å²) in [4.78, 5) is 10.5. The van der Waals surface area contributed by atoms with E-state index in [2.05, 4.69) is 0 Å². The Labute approximate surface area is 56.4 Å². The summed E-state index contributed by atoms with van der Waals surface area (Å²) < 4.78 is 4.76. The first kappa shape index (κ1) is 8.65. The largest absolute Gasteiger partial charge is 0.521 e. The zero-order chi connectivity index (χ0) is 7.44. The van der Waals surface area contributed by atoms with Gasteiger partial charge in [0.2, 0.25) is 9.04 Å². The maximum Gasteiger partial charge on any atom is 0.321 e. The van der Waals surface area contributed by atoms with E-state index < -0.39 is 21.1 Å². The highest BCUT2D eigenvalue weighted by molar-refractivity contribution is 6.50. The van der Waals surface area contributed by atoms with Gasteiger partial charge in [0, 0.05) is 0 Å². The van der Waals surface area contributed by atoms with E-state index in [1.165, 1.54) is 6.92 Å². The predicted octanol–water partition coefficient (Wildman–Crippen LogP) is -0.106. The molecule has 0 aliphatic heterocycles. The van der Waals surface area contributed by atoms with Gasteiger partial charge < -0.3 is 9.53 Å². The van der Waals surface area contributed by atoms with Gasteiger partial charge in [0.25, 0.3) is 0 Å². The summed E-state index contributed by atoms with van der Waals surface area (Å²) in [6.45, 7) is 5.15. The molecule has 0 saturated heterocycles. The van der Waals surface area contributed by atoms with Crippen LogP contribution in [0.25, 0.3) is 0 Å². The normalized spacial score (nSPS) is 13.4. The predicted molar refractivity (Wildman–Crippen MR) is 36.6 cm³/mol. The van der Waals surface area contributed by atoms with Crippen molar-refractivity contribution < 1.29 is 14.3 Å². The quantitative estimate of drug-likeness (QED) is 0.556. The van der Waals surface area contributed by atoms with Gasteiger partial charge in [0.15, 0.2) is 0 Å². The minimum absolute atomic E-state index is 0.503. The van der Waals surface area contributed by atoms with E-state index in [-0.39, 0.29) is 0 Å². The summed E-state index contributed by atoms with van der Waals surface area (Å²) in [6, 6.07) is 0. The second kappa shape index (κ2) is 3.63. The third-order valence-electron chi connectivity index (χ3n) is 0.693. The van der Waals surface area contributed by atoms with Gasteiger partial charge in [-0.05, 0) is 20.0 Å². The number of aliphatic hydroxyl groups excluding tert-OH is 1. The average Bonchev–Trinajstić information content (AvgIpc) is 1.63. The Kier molecular flexibility index (Phi) is 3.49. The van der Waals surface area contributed by atoms with Gasteiger partial charge in [-0.15, -0.1) is 0 Å². The van der Waals surface area contributed by atoms with Gasteiger partial charge in [0.1, 0.15) is 6.10 Å². The van der Waals surface area contributed by atoms with Crippen molar-refractivity contribution in [2.45, 2.75) is 26.1 Å². The maximum atomic E-state index is 10.5. The van der Waals surface area contributed by atoms with Crippen molar-refractivity contribution in [3.8, 4) is 0 Å². The van der Waals surface area contributed by atoms with Gasteiger partial charge in [0.05, 0.1) is 0 Å². The van der Waals surface area contributed by atoms with E-state index in [1.807, 2.05) is 13.1 Å². The Balaban J connectivity index is 3.51. The molecule has 0 radical (unpaired) electrons. The van der Waals surface area contributed by atoms with Crippen LogP contribution in [0.3, 0.4) is 0 Å². The van der Waals surface area contributed by atoms with Crippen molar-refractivity contribution in [1.82, 2.24) is 0 Å². The molecule has 0 fully saturated rings. The molecule has 1 unspecified atom stereocenters. The lowest BCUT2D eigenvalue weighted by atomic mass is 10.4. The van der Waals surface area contributed by atoms with Crippen molar-refractivity contribution >= 4 is 15.0 Å². The molecule has 0 aromatic rings. The number of rotatable bonds is 2. The van der Waals surface area contributed by atoms with Crippen LogP contribution in [0.1, 0.15) is 6.92 Å². The molecule has 9 heavy (non-hydrogen) atoms. The number of carbonyl (C=O) groups excluding carboxylic acids is 1. The van der Waals surface area contributed by atoms with Crippen LogP contribution in [0.4, 0.5) is 0 Å². The van der Waals surface area contributed by atoms with Crippen LogP contribution in [0.15, 0.2) is 0 Å². The number of aliphatic hydroxyl groups is 1. The summed E-state index contributed by atoms with van der Waals surface area (Å²) in [6.07, 6.45) is -0.972. The second-order valence-corrected chi connectivity index (χ2v) is 4.49. The van der Waals surface area contributed by atoms with Crippen molar-refractivity contribution in [2.75, 3.05) is 0 Å². The van der Waals surface area contributed by atoms with Crippen molar-refractivity contribution in [2.24, 2.45) is 0 Å². The summed E-state index contributed by atoms with van der Waals surface area (Å²) >= 11 is 0. The van der Waals surface area contributed by atoms with Gasteiger partial charge in [-0.1, -0.05) is 0 Å². The number of carbonyl (C=O) groups is 1. The van der Waals surface area contributed by atoms with Crippen LogP contribution >= 0.6 is 0 Å². The molecule has 54 valence electrons. The summed E-state index contributed by atoms with van der Waals surface area (Å²) in [5.74, 6) is -0.503. The SMILES string of the molecule is CC(O)C(=O)O[SiH](C)C. The fraction of sp³-hybridized carbons (Fsp3) is 0.800. The molecule has 0 saturated carbocycles. The fourth-order valence-corrected chi connectivity index (χ4v) is 0.992. The van der Waals surface area contributed by atoms with Gasteiger partial charge in [-0.3, -0.25) is 4.79 Å². The second-order valence-electron chi connectivity index (χ2n) is 2.16. The Morgan fingerprint density at radius 3 is 2.22 bits per heavy atom. The zero-order valence-electron chi connectivity index (χ0n) is 5.92. The molecule has 4 heteroatoms. The van der Waals surface area contributed by atoms with E-state index in [4.69, 9.17) is 9.53 Å². The molecule has 0 aliphatic rings. The lowest BCUT2D eigenvalue weighted by Crippen LogP contribution is -2.24. The highest BCUT2D eigenvalue weighted by Gasteiger charge is 2.11. The van der Waals surface area contributed by atoms with Crippen molar-refractivity contribution in [3.05, 3.63) is 0 Å². The molecule has 0 spiro atoms. The first-order chi connectivity index (χ1) is 4.04. The average molecular weight is 148 g/mol. The van der Waals surface area contributed by atoms with Crippen LogP contribution in [0.5, 0.6) is 0 Å². The third kappa shape index (κ3) is 4.17. The molecule has 1 atom stereocenters. The first-order valence-corrected chi connectivity index (χ1v) is 5.70. The summed E-state index contributed by atoms with van der Waals surface area (Å²) in [5, 5.41) is 8.62. The molecule has 0 bridgehead atoms. The van der Waals surface area contributed by atoms with E-state index in [1.54, 1.807) is 0 Å². The van der Waals surface area contributed by atoms with E-state index in [0.717, 1.165) is 0 Å². The van der Waals surface area contributed by atoms with E-state index in [0.29, 0.717) is 0 Å². The molecule has 1 N–H and O–H groups in total. The minimum Gasteiger partial charge on any atom is -0.521 e. The van der Waals surface area contributed by atoms with Crippen LogP contribution in [0.2, 0.25) is 13.1 Å². The van der Waals surface area contributed by atoms with E-state index in [9.17, 15) is 4.79 Å². The first-order valence-electron chi connectivity index (χ1n) is 2.92. The van der Waals surface area contributed by atoms with Gasteiger partial charge >= 0.3 is 5.97 Å². The van der Waals surface area contributed by atoms with Crippen LogP contribution in [0, 0.1) is 0 Å². The smallest absolute Gasteiger partial charge is 0.321 e. The Morgan fingerprint density at radius 1 is 1.67 bits per heavy atom. The molecule has 3 nitrogen and oxygen atoms in total. The molecule has 0 aromatic heterocycles. The molecule has 0 amide bonds. The van der Waals surface area contributed by atoms with Crippen LogP contribution in [-0.4, -0.2) is 26.2 Å². The fourth-order valence-electron chi connectivity index (χ4n) is 0.331. The van der Waals surface area contributed by atoms with Crippen LogP contribution < -0.4 is 0 Å². The molecule has 0 rings (SSSR count). The molecule has 0 aromatic carbocycles. The van der Waals surface area contributed by atoms with E-state index >= 15 is 0 Å². The number of hydrogen-bond acceptors (Lipinski definition) is 3. The third-order valence-corrected chi connectivity index (χ3v) is 1.40. The maximum absolute atomic E-state index is 10.5. The Hall–Kier alpha value is -0.353. The van der Waals surface area contributed by atoms with Crippen LogP contribution in [-0.2, 0) is 9.22 Å². The standard InChI is InChI=1S/C5H12O3Si/c1-4(6)5(7)8-9(2)3/h4,6,9H,1-3H3. The molecular weight excluding hydrogens is 136 g/mol. The van der Waals surface area contributed by atoms with Gasteiger partial charge in [-0.25, -0.2) is 0 Å². The number of hydrogen-bond donors (Lipinski definition) is 1. The lowest BCUT2D eigenvalue weighted by molar-refractivity contribution is -0.143. The summed E-state index contributed by atoms with van der Waals surface area (Å²) in [7, 11) is -1.29. The topological polar surface area (TPSA) is 46.5 Å². The molecule has 0 heterocycles. The van der Waals surface area contributed by atoms with Crippen molar-refractivity contribution in [1.29, 1.82) is 0 Å². The lowest BCUT2D eigenvalue weighted by Gasteiger charge is -2.07. The Morgan fingerprint density at radius 2 is 2.11 bits per heavy atom. The monoisotopic (exact) mass is 148 g/mol. The van der Waals surface area contributed by atoms with Crippen molar-refractivity contribution in [3.63, 3.8) is 0 Å². The molecule has 0 aliphatic carbocycles. The molecular formula is C5H12O3Si.